The molecule has 2 aromatic rings. The van der Waals surface area contributed by atoms with Crippen molar-refractivity contribution in [2.45, 2.75) is 57.8 Å². The van der Waals surface area contributed by atoms with Gasteiger partial charge < -0.3 is 9.84 Å². The quantitative estimate of drug-likeness (QED) is 0.920. The lowest BCUT2D eigenvalue weighted by molar-refractivity contribution is -0.0148. The maximum atomic E-state index is 10.4. The van der Waals surface area contributed by atoms with E-state index in [0.717, 1.165) is 42.6 Å². The van der Waals surface area contributed by atoms with Crippen LogP contribution in [0.2, 0.25) is 0 Å². The molecule has 114 valence electrons. The van der Waals surface area contributed by atoms with Gasteiger partial charge in [0.05, 0.1) is 23.4 Å². The van der Waals surface area contributed by atoms with Gasteiger partial charge in [-0.05, 0) is 38.7 Å². The summed E-state index contributed by atoms with van der Waals surface area (Å²) in [6, 6.07) is 8.25. The van der Waals surface area contributed by atoms with E-state index in [4.69, 9.17) is 4.74 Å². The van der Waals surface area contributed by atoms with Crippen molar-refractivity contribution in [3.63, 3.8) is 0 Å². The van der Waals surface area contributed by atoms with Crippen LogP contribution in [0.15, 0.2) is 24.3 Å². The number of ether oxygens (including phenoxy) is 1. The van der Waals surface area contributed by atoms with Gasteiger partial charge in [0.1, 0.15) is 0 Å². The molecule has 4 nitrogen and oxygen atoms in total. The lowest BCUT2D eigenvalue weighted by atomic mass is 10.00. The maximum absolute atomic E-state index is 10.4. The van der Waals surface area contributed by atoms with Crippen LogP contribution in [0.1, 0.15) is 38.3 Å². The lowest BCUT2D eigenvalue weighted by Crippen LogP contribution is -2.26. The summed E-state index contributed by atoms with van der Waals surface area (Å²) in [6.07, 6.45) is 4.59. The standard InChI is InChI=1S/C17H24N2O2/c1-2-19-17-9-4-3-8-15(17)16(18-19)12-13(20)11-14-7-5-6-10-21-14/h3-4,8-9,13-14,20H,2,5-7,10-12H2,1H3. The Hall–Kier alpha value is -1.39. The smallest absolute Gasteiger partial charge is 0.0729 e. The van der Waals surface area contributed by atoms with Crippen molar-refractivity contribution < 1.29 is 9.84 Å². The topological polar surface area (TPSA) is 47.3 Å². The monoisotopic (exact) mass is 288 g/mol. The largest absolute Gasteiger partial charge is 0.393 e. The molecule has 2 unspecified atom stereocenters. The van der Waals surface area contributed by atoms with Crippen LogP contribution in [-0.2, 0) is 17.7 Å². The molecule has 4 heteroatoms. The third-order valence-electron chi connectivity index (χ3n) is 4.27. The first kappa shape index (κ1) is 14.5. The number of rotatable bonds is 5. The van der Waals surface area contributed by atoms with Gasteiger partial charge in [0.15, 0.2) is 0 Å². The summed E-state index contributed by atoms with van der Waals surface area (Å²) < 4.78 is 7.72. The molecule has 1 fully saturated rings. The Bertz CT molecular complexity index is 587. The highest BCUT2D eigenvalue weighted by molar-refractivity contribution is 5.81. The van der Waals surface area contributed by atoms with Crippen LogP contribution in [0.25, 0.3) is 10.9 Å². The van der Waals surface area contributed by atoms with Crippen LogP contribution in [-0.4, -0.2) is 33.7 Å². The van der Waals surface area contributed by atoms with Crippen molar-refractivity contribution in [3.8, 4) is 0 Å². The molecule has 0 bridgehead atoms. The minimum Gasteiger partial charge on any atom is -0.393 e. The molecule has 1 aromatic carbocycles. The van der Waals surface area contributed by atoms with Crippen molar-refractivity contribution in [2.75, 3.05) is 6.61 Å². The molecular formula is C17H24N2O2. The zero-order chi connectivity index (χ0) is 14.7. The van der Waals surface area contributed by atoms with Crippen molar-refractivity contribution in [1.82, 2.24) is 9.78 Å². The molecule has 1 aromatic heterocycles. The van der Waals surface area contributed by atoms with Crippen LogP contribution in [0.3, 0.4) is 0 Å². The Labute approximate surface area is 125 Å². The van der Waals surface area contributed by atoms with Crippen LogP contribution in [0.5, 0.6) is 0 Å². The third-order valence-corrected chi connectivity index (χ3v) is 4.27. The molecule has 0 saturated carbocycles. The predicted octanol–water partition coefficient (Wildman–Crippen LogP) is 2.92. The molecule has 0 amide bonds. The number of fused-ring (bicyclic) bond motifs is 1. The molecule has 0 aliphatic carbocycles. The van der Waals surface area contributed by atoms with Gasteiger partial charge in [0.25, 0.3) is 0 Å². The first-order chi connectivity index (χ1) is 10.3. The number of nitrogens with zero attached hydrogens (tertiary/aromatic N) is 2. The van der Waals surface area contributed by atoms with E-state index in [0.29, 0.717) is 12.8 Å². The van der Waals surface area contributed by atoms with Gasteiger partial charge in [-0.3, -0.25) is 4.68 Å². The molecule has 2 heterocycles. The second-order valence-electron chi connectivity index (χ2n) is 5.86. The number of para-hydroxylation sites is 1. The Kier molecular flexibility index (Phi) is 4.56. The summed E-state index contributed by atoms with van der Waals surface area (Å²) in [5.41, 5.74) is 2.15. The molecule has 21 heavy (non-hydrogen) atoms. The first-order valence-corrected chi connectivity index (χ1v) is 8.02. The van der Waals surface area contributed by atoms with Crippen molar-refractivity contribution in [1.29, 1.82) is 0 Å². The number of aryl methyl sites for hydroxylation is 1. The van der Waals surface area contributed by atoms with Gasteiger partial charge >= 0.3 is 0 Å². The summed E-state index contributed by atoms with van der Waals surface area (Å²) in [7, 11) is 0. The Morgan fingerprint density at radius 2 is 2.24 bits per heavy atom. The molecule has 2 atom stereocenters. The molecule has 1 saturated heterocycles. The molecule has 1 N–H and O–H groups in total. The number of hydrogen-bond acceptors (Lipinski definition) is 3. The minimum absolute atomic E-state index is 0.216. The Balaban J connectivity index is 1.71. The average Bonchev–Trinajstić information content (AvgIpc) is 2.86. The number of benzene rings is 1. The average molecular weight is 288 g/mol. The van der Waals surface area contributed by atoms with Gasteiger partial charge in [0, 0.05) is 25.0 Å². The van der Waals surface area contributed by atoms with Gasteiger partial charge in [-0.25, -0.2) is 0 Å². The third kappa shape index (κ3) is 3.27. The summed E-state index contributed by atoms with van der Waals surface area (Å²) in [5, 5.41) is 16.2. The van der Waals surface area contributed by atoms with Gasteiger partial charge in [-0.15, -0.1) is 0 Å². The van der Waals surface area contributed by atoms with Crippen molar-refractivity contribution in [3.05, 3.63) is 30.0 Å². The Morgan fingerprint density at radius 1 is 1.38 bits per heavy atom. The first-order valence-electron chi connectivity index (χ1n) is 8.02. The predicted molar refractivity (Wildman–Crippen MR) is 83.3 cm³/mol. The molecular weight excluding hydrogens is 264 g/mol. The fraction of sp³-hybridized carbons (Fsp3) is 0.588. The van der Waals surface area contributed by atoms with Gasteiger partial charge in [-0.2, -0.15) is 5.10 Å². The number of aromatic nitrogens is 2. The fourth-order valence-corrected chi connectivity index (χ4v) is 3.19. The van der Waals surface area contributed by atoms with Crippen molar-refractivity contribution in [2.24, 2.45) is 0 Å². The summed E-state index contributed by atoms with van der Waals surface area (Å²) in [4.78, 5) is 0. The van der Waals surface area contributed by atoms with Crippen LogP contribution in [0.4, 0.5) is 0 Å². The normalized spacial score (nSPS) is 20.8. The highest BCUT2D eigenvalue weighted by atomic mass is 16.5. The van der Waals surface area contributed by atoms with Crippen LogP contribution >= 0.6 is 0 Å². The van der Waals surface area contributed by atoms with E-state index in [2.05, 4.69) is 24.2 Å². The van der Waals surface area contributed by atoms with E-state index in [1.807, 2.05) is 16.8 Å². The van der Waals surface area contributed by atoms with Crippen molar-refractivity contribution >= 4 is 10.9 Å². The van der Waals surface area contributed by atoms with E-state index in [1.54, 1.807) is 0 Å². The van der Waals surface area contributed by atoms with Crippen LogP contribution in [0, 0.1) is 0 Å². The van der Waals surface area contributed by atoms with Gasteiger partial charge in [-0.1, -0.05) is 18.2 Å². The zero-order valence-electron chi connectivity index (χ0n) is 12.7. The van der Waals surface area contributed by atoms with E-state index >= 15 is 0 Å². The van der Waals surface area contributed by atoms with E-state index in [1.165, 1.54) is 6.42 Å². The van der Waals surface area contributed by atoms with E-state index in [-0.39, 0.29) is 12.2 Å². The second-order valence-corrected chi connectivity index (χ2v) is 5.86. The summed E-state index contributed by atoms with van der Waals surface area (Å²) >= 11 is 0. The molecule has 3 rings (SSSR count). The van der Waals surface area contributed by atoms with E-state index in [9.17, 15) is 5.11 Å². The molecule has 1 aliphatic rings. The highest BCUT2D eigenvalue weighted by Crippen LogP contribution is 2.22. The molecule has 0 spiro atoms. The number of hydrogen-bond donors (Lipinski definition) is 1. The number of aliphatic hydroxyl groups excluding tert-OH is 1. The number of aliphatic hydroxyl groups is 1. The molecule has 0 radical (unpaired) electrons. The zero-order valence-corrected chi connectivity index (χ0v) is 12.7. The lowest BCUT2D eigenvalue weighted by Gasteiger charge is -2.24. The van der Waals surface area contributed by atoms with Gasteiger partial charge in [0.2, 0.25) is 0 Å². The van der Waals surface area contributed by atoms with E-state index < -0.39 is 0 Å². The SMILES string of the molecule is CCn1nc(CC(O)CC2CCCCO2)c2ccccc21. The maximum Gasteiger partial charge on any atom is 0.0729 e. The fourth-order valence-electron chi connectivity index (χ4n) is 3.19. The van der Waals surface area contributed by atoms with Crippen LogP contribution < -0.4 is 0 Å². The summed E-state index contributed by atoms with van der Waals surface area (Å²) in [6.45, 7) is 3.78. The highest BCUT2D eigenvalue weighted by Gasteiger charge is 2.20. The molecule has 1 aliphatic heterocycles. The minimum atomic E-state index is -0.378. The summed E-state index contributed by atoms with van der Waals surface area (Å²) in [5.74, 6) is 0. The Morgan fingerprint density at radius 3 is 3.00 bits per heavy atom. The second kappa shape index (κ2) is 6.58.